The fraction of sp³-hybridized carbons (Fsp3) is 0.410. The van der Waals surface area contributed by atoms with Crippen LogP contribution in [0.1, 0.15) is 40.0 Å². The summed E-state index contributed by atoms with van der Waals surface area (Å²) in [5.41, 5.74) is -0.758. The Morgan fingerprint density at radius 1 is 0.936 bits per heavy atom. The van der Waals surface area contributed by atoms with E-state index in [0.29, 0.717) is 30.6 Å². The minimum absolute atomic E-state index is 0.156. The molecule has 3 aliphatic rings. The maximum Gasteiger partial charge on any atom is 0.253 e. The van der Waals surface area contributed by atoms with E-state index in [2.05, 4.69) is 13.2 Å². The van der Waals surface area contributed by atoms with Crippen LogP contribution in [-0.4, -0.2) is 70.7 Å². The van der Waals surface area contributed by atoms with Gasteiger partial charge in [0.1, 0.15) is 11.6 Å². The van der Waals surface area contributed by atoms with Gasteiger partial charge in [0, 0.05) is 24.5 Å². The molecule has 6 atom stereocenters. The summed E-state index contributed by atoms with van der Waals surface area (Å²) in [7, 11) is 0. The summed E-state index contributed by atoms with van der Waals surface area (Å²) in [6, 6.07) is 21.5. The summed E-state index contributed by atoms with van der Waals surface area (Å²) in [5, 5.41) is 12.7. The summed E-state index contributed by atoms with van der Waals surface area (Å²) >= 11 is 0. The van der Waals surface area contributed by atoms with Crippen LogP contribution in [0.25, 0.3) is 10.8 Å². The van der Waals surface area contributed by atoms with E-state index in [0.717, 1.165) is 10.8 Å². The van der Waals surface area contributed by atoms with E-state index in [4.69, 9.17) is 4.74 Å². The Labute approximate surface area is 277 Å². The molecule has 0 aliphatic carbocycles. The van der Waals surface area contributed by atoms with Crippen molar-refractivity contribution in [3.05, 3.63) is 98.1 Å². The number of likely N-dealkylation sites (tertiary alicyclic amines) is 1. The van der Waals surface area contributed by atoms with E-state index >= 15 is 4.79 Å². The highest BCUT2D eigenvalue weighted by molar-refractivity contribution is 6.07. The molecule has 3 fully saturated rings. The SMILES string of the molecule is C=CCN(C(=O)C1N([C@@H](CO)C(C)C)C(=O)[C@@H]2[C@H](C(=O)N(CC=C)c3ccccc3)[C@]3(CC)CCC12O3)c1ccc2ccccc2c1. The van der Waals surface area contributed by atoms with Crippen molar-refractivity contribution in [3.8, 4) is 0 Å². The molecule has 8 heteroatoms. The predicted molar refractivity (Wildman–Crippen MR) is 185 cm³/mol. The maximum absolute atomic E-state index is 15.1. The van der Waals surface area contributed by atoms with Gasteiger partial charge < -0.3 is 24.5 Å². The molecule has 1 spiro atoms. The molecular weight excluding hydrogens is 590 g/mol. The van der Waals surface area contributed by atoms with E-state index in [-0.39, 0.29) is 43.3 Å². The first kappa shape index (κ1) is 32.7. The molecule has 3 aromatic rings. The van der Waals surface area contributed by atoms with Gasteiger partial charge in [0.15, 0.2) is 0 Å². The number of nitrogens with zero attached hydrogens (tertiary/aromatic N) is 3. The van der Waals surface area contributed by atoms with Gasteiger partial charge in [0.05, 0.1) is 30.1 Å². The second-order valence-corrected chi connectivity index (χ2v) is 13.4. The van der Waals surface area contributed by atoms with Gasteiger partial charge >= 0.3 is 0 Å². The van der Waals surface area contributed by atoms with Crippen molar-refractivity contribution in [2.24, 2.45) is 17.8 Å². The van der Waals surface area contributed by atoms with Crippen LogP contribution >= 0.6 is 0 Å². The van der Waals surface area contributed by atoms with Gasteiger partial charge in [0.2, 0.25) is 11.8 Å². The summed E-state index contributed by atoms with van der Waals surface area (Å²) in [4.78, 5) is 49.7. The number of fused-ring (bicyclic) bond motifs is 2. The second-order valence-electron chi connectivity index (χ2n) is 13.4. The number of ether oxygens (including phenoxy) is 1. The van der Waals surface area contributed by atoms with Crippen LogP contribution in [0, 0.1) is 17.8 Å². The van der Waals surface area contributed by atoms with Gasteiger partial charge in [-0.05, 0) is 60.2 Å². The van der Waals surface area contributed by atoms with Crippen LogP contribution in [0.4, 0.5) is 11.4 Å². The van der Waals surface area contributed by atoms with Gasteiger partial charge in [-0.15, -0.1) is 13.2 Å². The highest BCUT2D eigenvalue weighted by Crippen LogP contribution is 2.65. The molecule has 3 heterocycles. The van der Waals surface area contributed by atoms with Crippen LogP contribution in [0.3, 0.4) is 0 Å². The third-order valence-corrected chi connectivity index (χ3v) is 10.7. The predicted octanol–water partition coefficient (Wildman–Crippen LogP) is 5.75. The van der Waals surface area contributed by atoms with E-state index in [1.807, 2.05) is 93.6 Å². The number of hydrogen-bond acceptors (Lipinski definition) is 5. The summed E-state index contributed by atoms with van der Waals surface area (Å²) in [5.74, 6) is -2.68. The molecule has 47 heavy (non-hydrogen) atoms. The minimum atomic E-state index is -1.24. The van der Waals surface area contributed by atoms with E-state index in [9.17, 15) is 14.7 Å². The van der Waals surface area contributed by atoms with E-state index < -0.39 is 35.1 Å². The lowest BCUT2D eigenvalue weighted by Gasteiger charge is -2.40. The van der Waals surface area contributed by atoms with Crippen LogP contribution in [0.2, 0.25) is 0 Å². The lowest BCUT2D eigenvalue weighted by atomic mass is 9.64. The Hall–Kier alpha value is -4.27. The highest BCUT2D eigenvalue weighted by Gasteiger charge is 2.79. The topological polar surface area (TPSA) is 90.4 Å². The zero-order valence-electron chi connectivity index (χ0n) is 27.5. The Balaban J connectivity index is 1.49. The van der Waals surface area contributed by atoms with Crippen molar-refractivity contribution in [2.75, 3.05) is 29.5 Å². The number of benzene rings is 3. The number of anilines is 2. The monoisotopic (exact) mass is 635 g/mol. The third kappa shape index (κ3) is 5.09. The minimum Gasteiger partial charge on any atom is -0.394 e. The normalized spacial score (nSPS) is 26.8. The number of amides is 3. The summed E-state index contributed by atoms with van der Waals surface area (Å²) in [6.07, 6.45) is 4.87. The molecule has 0 aromatic heterocycles. The van der Waals surface area contributed by atoms with Gasteiger partial charge in [-0.2, -0.15) is 0 Å². The van der Waals surface area contributed by atoms with Crippen molar-refractivity contribution in [2.45, 2.75) is 63.3 Å². The Kier molecular flexibility index (Phi) is 8.85. The van der Waals surface area contributed by atoms with Crippen molar-refractivity contribution in [1.29, 1.82) is 0 Å². The average molecular weight is 636 g/mol. The van der Waals surface area contributed by atoms with Gasteiger partial charge in [-0.3, -0.25) is 14.4 Å². The lowest BCUT2D eigenvalue weighted by Crippen LogP contribution is -2.60. The van der Waals surface area contributed by atoms with Gasteiger partial charge in [-0.1, -0.05) is 81.5 Å². The Bertz CT molecular complexity index is 1690. The quantitative estimate of drug-likeness (QED) is 0.256. The number of carbonyl (C=O) groups is 3. The molecule has 8 nitrogen and oxygen atoms in total. The van der Waals surface area contributed by atoms with Crippen molar-refractivity contribution in [3.63, 3.8) is 0 Å². The highest BCUT2D eigenvalue weighted by atomic mass is 16.5. The Morgan fingerprint density at radius 3 is 2.19 bits per heavy atom. The molecular formula is C39H45N3O5. The second kappa shape index (κ2) is 12.7. The van der Waals surface area contributed by atoms with Crippen LogP contribution in [0.15, 0.2) is 98.1 Å². The lowest BCUT2D eigenvalue weighted by molar-refractivity contribution is -0.150. The number of rotatable bonds is 12. The number of para-hydroxylation sites is 1. The van der Waals surface area contributed by atoms with Gasteiger partial charge in [-0.25, -0.2) is 0 Å². The van der Waals surface area contributed by atoms with Crippen molar-refractivity contribution >= 4 is 39.9 Å². The number of hydrogen-bond donors (Lipinski definition) is 1. The standard InChI is InChI=1S/C39H45N3O5/c1-6-22-40(29-16-10-9-11-17-29)35(44)32-33-36(45)42(31(25-43)26(4)5)34(39(33)21-20-38(32,8-3)47-39)37(46)41(23-7-2)30-19-18-27-14-12-13-15-28(27)24-30/h6-7,9-19,24,26,31-34,43H,1-2,8,20-23,25H2,3-5H3/t31-,32+,33-,34?,38-,39?/m0/s1. The van der Waals surface area contributed by atoms with Crippen LogP contribution in [0.5, 0.6) is 0 Å². The molecule has 3 aromatic carbocycles. The molecule has 2 bridgehead atoms. The smallest absolute Gasteiger partial charge is 0.253 e. The first-order valence-electron chi connectivity index (χ1n) is 16.7. The zero-order chi connectivity index (χ0) is 33.5. The zero-order valence-corrected chi connectivity index (χ0v) is 27.5. The number of aliphatic hydroxyl groups excluding tert-OH is 1. The largest absolute Gasteiger partial charge is 0.394 e. The molecule has 2 unspecified atom stereocenters. The Morgan fingerprint density at radius 2 is 1.57 bits per heavy atom. The summed E-state index contributed by atoms with van der Waals surface area (Å²) < 4.78 is 7.07. The third-order valence-electron chi connectivity index (χ3n) is 10.7. The molecule has 3 amide bonds. The molecule has 3 saturated heterocycles. The van der Waals surface area contributed by atoms with Crippen LogP contribution in [-0.2, 0) is 19.1 Å². The summed E-state index contributed by atoms with van der Waals surface area (Å²) in [6.45, 7) is 13.9. The maximum atomic E-state index is 15.1. The molecule has 6 rings (SSSR count). The van der Waals surface area contributed by atoms with Crippen molar-refractivity contribution < 1.29 is 24.2 Å². The molecule has 3 aliphatic heterocycles. The molecule has 1 N–H and O–H groups in total. The average Bonchev–Trinajstić information content (AvgIpc) is 3.69. The van der Waals surface area contributed by atoms with E-state index in [1.165, 1.54) is 0 Å². The van der Waals surface area contributed by atoms with Crippen LogP contribution < -0.4 is 9.80 Å². The van der Waals surface area contributed by atoms with E-state index in [1.54, 1.807) is 26.9 Å². The fourth-order valence-corrected chi connectivity index (χ4v) is 8.46. The first-order chi connectivity index (χ1) is 22.7. The van der Waals surface area contributed by atoms with Crippen molar-refractivity contribution in [1.82, 2.24) is 4.90 Å². The fourth-order valence-electron chi connectivity index (χ4n) is 8.46. The number of carbonyl (C=O) groups excluding carboxylic acids is 3. The number of aliphatic hydroxyl groups is 1. The molecule has 0 radical (unpaired) electrons. The molecule has 0 saturated carbocycles. The first-order valence-corrected chi connectivity index (χ1v) is 16.7. The van der Waals surface area contributed by atoms with Gasteiger partial charge in [0.25, 0.3) is 5.91 Å². The molecule has 246 valence electrons.